The Kier molecular flexibility index (Phi) is 4.87. The van der Waals surface area contributed by atoms with Gasteiger partial charge in [0.15, 0.2) is 0 Å². The Morgan fingerprint density at radius 2 is 1.89 bits per heavy atom. The van der Waals surface area contributed by atoms with E-state index in [2.05, 4.69) is 41.2 Å². The summed E-state index contributed by atoms with van der Waals surface area (Å²) < 4.78 is 6.29. The number of piperidine rings is 1. The second-order valence-electron chi connectivity index (χ2n) is 7.75. The van der Waals surface area contributed by atoms with Crippen molar-refractivity contribution in [2.45, 2.75) is 37.8 Å². The molecule has 2 saturated heterocycles. The number of amides is 1. The van der Waals surface area contributed by atoms with E-state index in [0.29, 0.717) is 11.7 Å². The van der Waals surface area contributed by atoms with Crippen molar-refractivity contribution in [2.75, 3.05) is 31.6 Å². The van der Waals surface area contributed by atoms with Crippen molar-refractivity contribution in [1.82, 2.24) is 9.88 Å². The zero-order valence-electron chi connectivity index (χ0n) is 16.1. The number of pyridine rings is 1. The van der Waals surface area contributed by atoms with Crippen LogP contribution in [0.2, 0.25) is 0 Å². The lowest BCUT2D eigenvalue weighted by Crippen LogP contribution is -2.47. The first-order valence-corrected chi connectivity index (χ1v) is 9.71. The molecular formula is C22H27N3O2. The Balaban J connectivity index is 1.37. The Hall–Kier alpha value is -2.40. The molecule has 0 radical (unpaired) electrons. The van der Waals surface area contributed by atoms with Crippen LogP contribution in [0.4, 0.5) is 5.69 Å². The van der Waals surface area contributed by atoms with Crippen molar-refractivity contribution < 1.29 is 9.53 Å². The average Bonchev–Trinajstić information content (AvgIpc) is 3.12. The molecule has 0 aliphatic carbocycles. The number of ether oxygens (including phenoxy) is 1. The fraction of sp³-hybridized carbons (Fsp3) is 0.455. The van der Waals surface area contributed by atoms with Crippen LogP contribution in [0.25, 0.3) is 0 Å². The van der Waals surface area contributed by atoms with Gasteiger partial charge in [0, 0.05) is 31.5 Å². The third kappa shape index (κ3) is 3.69. The molecule has 0 bridgehead atoms. The molecule has 2 aliphatic rings. The van der Waals surface area contributed by atoms with Crippen LogP contribution in [0.1, 0.15) is 35.4 Å². The van der Waals surface area contributed by atoms with Crippen LogP contribution in [0.15, 0.2) is 48.5 Å². The molecule has 2 aromatic rings. The van der Waals surface area contributed by atoms with E-state index in [4.69, 9.17) is 4.74 Å². The summed E-state index contributed by atoms with van der Waals surface area (Å²) in [6.45, 7) is 4.13. The van der Waals surface area contributed by atoms with Gasteiger partial charge in [0.2, 0.25) is 0 Å². The first-order valence-electron chi connectivity index (χ1n) is 9.71. The largest absolute Gasteiger partial charge is 0.373 e. The molecule has 0 saturated carbocycles. The van der Waals surface area contributed by atoms with Crippen molar-refractivity contribution in [3.8, 4) is 0 Å². The molecule has 1 aromatic carbocycles. The second-order valence-corrected chi connectivity index (χ2v) is 7.75. The third-order valence-electron chi connectivity index (χ3n) is 5.97. The molecule has 142 valence electrons. The van der Waals surface area contributed by atoms with E-state index in [0.717, 1.165) is 44.7 Å². The fourth-order valence-corrected chi connectivity index (χ4v) is 4.23. The van der Waals surface area contributed by atoms with Gasteiger partial charge in [-0.05, 0) is 50.5 Å². The number of benzene rings is 1. The molecule has 1 atom stereocenters. The number of hydrogen-bond acceptors (Lipinski definition) is 4. The van der Waals surface area contributed by atoms with Crippen molar-refractivity contribution >= 4 is 11.6 Å². The molecule has 27 heavy (non-hydrogen) atoms. The first-order chi connectivity index (χ1) is 13.1. The lowest BCUT2D eigenvalue weighted by Gasteiger charge is -2.39. The summed E-state index contributed by atoms with van der Waals surface area (Å²) >= 11 is 0. The summed E-state index contributed by atoms with van der Waals surface area (Å²) in [6, 6.07) is 16.5. The standard InChI is InChI=1S/C22H27N3O2/c1-17-7-6-10-20(23-17)21(26)25-13-11-22(12-14-25)15-19(16-27-22)24(2)18-8-4-3-5-9-18/h3-10,19H,11-16H2,1-2H3. The molecule has 1 spiro atoms. The highest BCUT2D eigenvalue weighted by molar-refractivity contribution is 5.92. The maximum Gasteiger partial charge on any atom is 0.272 e. The van der Waals surface area contributed by atoms with Gasteiger partial charge in [-0.2, -0.15) is 0 Å². The van der Waals surface area contributed by atoms with Gasteiger partial charge in [0.05, 0.1) is 18.2 Å². The predicted molar refractivity (Wildman–Crippen MR) is 106 cm³/mol. The number of hydrogen-bond donors (Lipinski definition) is 0. The van der Waals surface area contributed by atoms with Gasteiger partial charge < -0.3 is 14.5 Å². The van der Waals surface area contributed by atoms with Crippen LogP contribution in [-0.4, -0.2) is 54.2 Å². The van der Waals surface area contributed by atoms with E-state index in [1.807, 2.05) is 30.0 Å². The van der Waals surface area contributed by atoms with Crippen LogP contribution in [0, 0.1) is 6.92 Å². The predicted octanol–water partition coefficient (Wildman–Crippen LogP) is 3.29. The smallest absolute Gasteiger partial charge is 0.272 e. The summed E-state index contributed by atoms with van der Waals surface area (Å²) in [6.07, 6.45) is 2.80. The molecular weight excluding hydrogens is 338 g/mol. The first kappa shape index (κ1) is 18.0. The molecule has 5 nitrogen and oxygen atoms in total. The zero-order chi connectivity index (χ0) is 18.9. The average molecular weight is 365 g/mol. The van der Waals surface area contributed by atoms with Gasteiger partial charge in [0.25, 0.3) is 5.91 Å². The number of carbonyl (C=O) groups excluding carboxylic acids is 1. The quantitative estimate of drug-likeness (QED) is 0.837. The number of rotatable bonds is 3. The van der Waals surface area contributed by atoms with Crippen molar-refractivity contribution in [3.63, 3.8) is 0 Å². The molecule has 0 N–H and O–H groups in total. The van der Waals surface area contributed by atoms with Crippen molar-refractivity contribution in [3.05, 3.63) is 59.9 Å². The maximum atomic E-state index is 12.7. The van der Waals surface area contributed by atoms with Crippen LogP contribution in [-0.2, 0) is 4.74 Å². The number of carbonyl (C=O) groups is 1. The molecule has 3 heterocycles. The van der Waals surface area contributed by atoms with Gasteiger partial charge in [-0.1, -0.05) is 24.3 Å². The van der Waals surface area contributed by atoms with Crippen LogP contribution < -0.4 is 4.90 Å². The highest BCUT2D eigenvalue weighted by Crippen LogP contribution is 2.38. The van der Waals surface area contributed by atoms with E-state index in [9.17, 15) is 4.79 Å². The molecule has 1 amide bonds. The Bertz CT molecular complexity index is 800. The van der Waals surface area contributed by atoms with Gasteiger partial charge in [0.1, 0.15) is 5.69 Å². The number of aromatic nitrogens is 1. The third-order valence-corrected chi connectivity index (χ3v) is 5.97. The highest BCUT2D eigenvalue weighted by Gasteiger charge is 2.44. The van der Waals surface area contributed by atoms with Gasteiger partial charge in [-0.25, -0.2) is 4.98 Å². The van der Waals surface area contributed by atoms with E-state index >= 15 is 0 Å². The maximum absolute atomic E-state index is 12.7. The van der Waals surface area contributed by atoms with E-state index in [-0.39, 0.29) is 11.5 Å². The van der Waals surface area contributed by atoms with Gasteiger partial charge >= 0.3 is 0 Å². The minimum Gasteiger partial charge on any atom is -0.373 e. The molecule has 2 fully saturated rings. The highest BCUT2D eigenvalue weighted by atomic mass is 16.5. The molecule has 4 rings (SSSR count). The topological polar surface area (TPSA) is 45.7 Å². The number of para-hydroxylation sites is 1. The van der Waals surface area contributed by atoms with E-state index in [1.165, 1.54) is 5.69 Å². The summed E-state index contributed by atoms with van der Waals surface area (Å²) in [4.78, 5) is 21.3. The monoisotopic (exact) mass is 365 g/mol. The number of aryl methyl sites for hydroxylation is 1. The summed E-state index contributed by atoms with van der Waals surface area (Å²) in [5, 5.41) is 0. The lowest BCUT2D eigenvalue weighted by atomic mass is 9.87. The number of likely N-dealkylation sites (N-methyl/N-ethyl adjacent to an activating group) is 1. The minimum absolute atomic E-state index is 0.0319. The SMILES string of the molecule is Cc1cccc(C(=O)N2CCC3(CC2)CC(N(C)c2ccccc2)CO3)n1. The Labute approximate surface area is 161 Å². The van der Waals surface area contributed by atoms with Crippen LogP contribution in [0.5, 0.6) is 0 Å². The summed E-state index contributed by atoms with van der Waals surface area (Å²) in [5.41, 5.74) is 2.55. The van der Waals surface area contributed by atoms with E-state index < -0.39 is 0 Å². The summed E-state index contributed by atoms with van der Waals surface area (Å²) in [5.74, 6) is 0.0319. The number of likely N-dealkylation sites (tertiary alicyclic amines) is 1. The summed E-state index contributed by atoms with van der Waals surface area (Å²) in [7, 11) is 2.14. The minimum atomic E-state index is -0.0927. The molecule has 5 heteroatoms. The van der Waals surface area contributed by atoms with Gasteiger partial charge in [-0.3, -0.25) is 4.79 Å². The number of anilines is 1. The molecule has 2 aliphatic heterocycles. The lowest BCUT2D eigenvalue weighted by molar-refractivity contribution is -0.0389. The van der Waals surface area contributed by atoms with Crippen LogP contribution >= 0.6 is 0 Å². The van der Waals surface area contributed by atoms with Crippen LogP contribution in [0.3, 0.4) is 0 Å². The number of nitrogens with zero attached hydrogens (tertiary/aromatic N) is 3. The Morgan fingerprint density at radius 3 is 2.59 bits per heavy atom. The second kappa shape index (κ2) is 7.31. The fourth-order valence-electron chi connectivity index (χ4n) is 4.23. The van der Waals surface area contributed by atoms with Crippen molar-refractivity contribution in [1.29, 1.82) is 0 Å². The van der Waals surface area contributed by atoms with Crippen molar-refractivity contribution in [2.24, 2.45) is 0 Å². The van der Waals surface area contributed by atoms with Gasteiger partial charge in [-0.15, -0.1) is 0 Å². The normalized spacial score (nSPS) is 21.4. The molecule has 1 aromatic heterocycles. The zero-order valence-corrected chi connectivity index (χ0v) is 16.1. The Morgan fingerprint density at radius 1 is 1.15 bits per heavy atom. The molecule has 1 unspecified atom stereocenters. The van der Waals surface area contributed by atoms with E-state index in [1.54, 1.807) is 6.07 Å².